The molecular formula is C12H21N3. The van der Waals surface area contributed by atoms with Crippen molar-refractivity contribution >= 4 is 5.82 Å². The molecule has 0 aliphatic rings. The van der Waals surface area contributed by atoms with Gasteiger partial charge in [0.25, 0.3) is 0 Å². The number of nitrogens with zero attached hydrogens (tertiary/aromatic N) is 2. The molecule has 84 valence electrons. The largest absolute Gasteiger partial charge is 0.368 e. The summed E-state index contributed by atoms with van der Waals surface area (Å²) in [5.41, 5.74) is 1.39. The Morgan fingerprint density at radius 3 is 2.87 bits per heavy atom. The number of allylic oxidation sites excluding steroid dienone is 2. The van der Waals surface area contributed by atoms with Crippen LogP contribution in [0.1, 0.15) is 33.6 Å². The van der Waals surface area contributed by atoms with Gasteiger partial charge in [-0.2, -0.15) is 5.10 Å². The van der Waals surface area contributed by atoms with Crippen molar-refractivity contribution in [3.05, 3.63) is 23.9 Å². The Hall–Kier alpha value is -1.25. The van der Waals surface area contributed by atoms with Gasteiger partial charge in [-0.1, -0.05) is 11.6 Å². The van der Waals surface area contributed by atoms with Crippen LogP contribution in [0.15, 0.2) is 23.9 Å². The quantitative estimate of drug-likeness (QED) is 0.752. The summed E-state index contributed by atoms with van der Waals surface area (Å²) < 4.78 is 1.86. The van der Waals surface area contributed by atoms with Gasteiger partial charge < -0.3 is 5.32 Å². The van der Waals surface area contributed by atoms with E-state index < -0.39 is 0 Å². The molecule has 0 aliphatic heterocycles. The summed E-state index contributed by atoms with van der Waals surface area (Å²) in [7, 11) is 1.95. The van der Waals surface area contributed by atoms with E-state index >= 15 is 0 Å². The average Bonchev–Trinajstić information content (AvgIpc) is 2.51. The smallest absolute Gasteiger partial charge is 0.124 e. The molecule has 1 unspecified atom stereocenters. The topological polar surface area (TPSA) is 29.9 Å². The van der Waals surface area contributed by atoms with Crippen LogP contribution in [0.3, 0.4) is 0 Å². The summed E-state index contributed by atoms with van der Waals surface area (Å²) in [5, 5.41) is 7.56. The second-order valence-corrected chi connectivity index (χ2v) is 4.24. The molecule has 0 bridgehead atoms. The van der Waals surface area contributed by atoms with E-state index in [4.69, 9.17) is 0 Å². The maximum Gasteiger partial charge on any atom is 0.124 e. The predicted molar refractivity (Wildman–Crippen MR) is 65.0 cm³/mol. The molecule has 0 fully saturated rings. The van der Waals surface area contributed by atoms with Crippen molar-refractivity contribution < 1.29 is 0 Å². The third-order valence-corrected chi connectivity index (χ3v) is 2.37. The van der Waals surface area contributed by atoms with Crippen molar-refractivity contribution in [3.8, 4) is 0 Å². The third kappa shape index (κ3) is 4.19. The summed E-state index contributed by atoms with van der Waals surface area (Å²) in [5.74, 6) is 1.08. The Balaban J connectivity index is 2.33. The van der Waals surface area contributed by atoms with E-state index in [-0.39, 0.29) is 0 Å². The molecule has 0 saturated carbocycles. The SMILES string of the molecule is CC(C)=CCCC(C)Nc1ccnn1C. The molecule has 1 aromatic rings. The van der Waals surface area contributed by atoms with E-state index in [1.165, 1.54) is 5.57 Å². The van der Waals surface area contributed by atoms with Gasteiger partial charge in [-0.25, -0.2) is 0 Å². The zero-order chi connectivity index (χ0) is 11.3. The Labute approximate surface area is 92.2 Å². The van der Waals surface area contributed by atoms with Crippen LogP contribution in [-0.4, -0.2) is 15.8 Å². The van der Waals surface area contributed by atoms with Gasteiger partial charge in [0.2, 0.25) is 0 Å². The van der Waals surface area contributed by atoms with E-state index in [9.17, 15) is 0 Å². The van der Waals surface area contributed by atoms with E-state index in [0.717, 1.165) is 18.7 Å². The molecule has 3 heteroatoms. The highest BCUT2D eigenvalue weighted by atomic mass is 15.3. The van der Waals surface area contributed by atoms with Crippen molar-refractivity contribution in [3.63, 3.8) is 0 Å². The fourth-order valence-corrected chi connectivity index (χ4v) is 1.46. The number of hydrogen-bond acceptors (Lipinski definition) is 2. The van der Waals surface area contributed by atoms with Crippen molar-refractivity contribution in [2.75, 3.05) is 5.32 Å². The monoisotopic (exact) mass is 207 g/mol. The molecule has 1 rings (SSSR count). The molecule has 15 heavy (non-hydrogen) atoms. The van der Waals surface area contributed by atoms with Crippen LogP contribution in [0.4, 0.5) is 5.82 Å². The molecule has 0 saturated heterocycles. The zero-order valence-electron chi connectivity index (χ0n) is 10.1. The lowest BCUT2D eigenvalue weighted by molar-refractivity contribution is 0.690. The van der Waals surface area contributed by atoms with E-state index in [0.29, 0.717) is 6.04 Å². The number of aromatic nitrogens is 2. The average molecular weight is 207 g/mol. The summed E-state index contributed by atoms with van der Waals surface area (Å²) in [6.45, 7) is 6.48. The minimum Gasteiger partial charge on any atom is -0.368 e. The number of hydrogen-bond donors (Lipinski definition) is 1. The Morgan fingerprint density at radius 1 is 1.60 bits per heavy atom. The van der Waals surface area contributed by atoms with Crippen LogP contribution in [0.2, 0.25) is 0 Å². The molecule has 3 nitrogen and oxygen atoms in total. The first-order valence-electron chi connectivity index (χ1n) is 5.47. The molecule has 0 spiro atoms. The Morgan fingerprint density at radius 2 is 2.33 bits per heavy atom. The standard InChI is InChI=1S/C12H21N3/c1-10(2)6-5-7-11(3)14-12-8-9-13-15(12)4/h6,8-9,11,14H,5,7H2,1-4H3. The minimum atomic E-state index is 0.482. The molecule has 0 aliphatic carbocycles. The number of rotatable bonds is 5. The van der Waals surface area contributed by atoms with Gasteiger partial charge in [0.1, 0.15) is 5.82 Å². The fourth-order valence-electron chi connectivity index (χ4n) is 1.46. The highest BCUT2D eigenvalue weighted by Crippen LogP contribution is 2.09. The second kappa shape index (κ2) is 5.59. The molecule has 0 aromatic carbocycles. The van der Waals surface area contributed by atoms with Gasteiger partial charge in [-0.3, -0.25) is 4.68 Å². The van der Waals surface area contributed by atoms with Crippen LogP contribution in [-0.2, 0) is 7.05 Å². The second-order valence-electron chi connectivity index (χ2n) is 4.24. The zero-order valence-corrected chi connectivity index (χ0v) is 10.1. The first kappa shape index (κ1) is 11.8. The minimum absolute atomic E-state index is 0.482. The molecule has 0 amide bonds. The summed E-state index contributed by atoms with van der Waals surface area (Å²) in [6, 6.07) is 2.48. The van der Waals surface area contributed by atoms with E-state index in [1.54, 1.807) is 0 Å². The van der Waals surface area contributed by atoms with Crippen molar-refractivity contribution in [2.24, 2.45) is 7.05 Å². The lowest BCUT2D eigenvalue weighted by Crippen LogP contribution is -2.16. The maximum absolute atomic E-state index is 4.12. The number of aryl methyl sites for hydroxylation is 1. The molecule has 0 radical (unpaired) electrons. The first-order valence-corrected chi connectivity index (χ1v) is 5.47. The predicted octanol–water partition coefficient (Wildman–Crippen LogP) is 2.97. The van der Waals surface area contributed by atoms with Crippen LogP contribution in [0.25, 0.3) is 0 Å². The van der Waals surface area contributed by atoms with Crippen molar-refractivity contribution in [2.45, 2.75) is 39.7 Å². The van der Waals surface area contributed by atoms with Crippen LogP contribution in [0, 0.1) is 0 Å². The van der Waals surface area contributed by atoms with E-state index in [2.05, 4.69) is 37.3 Å². The van der Waals surface area contributed by atoms with Crippen LogP contribution in [0.5, 0.6) is 0 Å². The molecule has 1 atom stereocenters. The van der Waals surface area contributed by atoms with Crippen molar-refractivity contribution in [1.29, 1.82) is 0 Å². The lowest BCUT2D eigenvalue weighted by atomic mass is 10.1. The van der Waals surface area contributed by atoms with Gasteiger partial charge in [-0.15, -0.1) is 0 Å². The van der Waals surface area contributed by atoms with Gasteiger partial charge in [0.05, 0.1) is 6.20 Å². The normalized spacial score (nSPS) is 12.3. The van der Waals surface area contributed by atoms with Gasteiger partial charge in [-0.05, 0) is 33.6 Å². The van der Waals surface area contributed by atoms with Gasteiger partial charge >= 0.3 is 0 Å². The number of nitrogens with one attached hydrogen (secondary N) is 1. The fraction of sp³-hybridized carbons (Fsp3) is 0.583. The summed E-state index contributed by atoms with van der Waals surface area (Å²) in [4.78, 5) is 0. The Bertz CT molecular complexity index is 321. The molecule has 1 heterocycles. The molecular weight excluding hydrogens is 186 g/mol. The highest BCUT2D eigenvalue weighted by molar-refractivity contribution is 5.34. The van der Waals surface area contributed by atoms with Gasteiger partial charge in [0, 0.05) is 19.2 Å². The molecule has 1 N–H and O–H groups in total. The van der Waals surface area contributed by atoms with Gasteiger partial charge in [0.15, 0.2) is 0 Å². The summed E-state index contributed by atoms with van der Waals surface area (Å²) >= 11 is 0. The van der Waals surface area contributed by atoms with Crippen LogP contribution < -0.4 is 5.32 Å². The van der Waals surface area contributed by atoms with E-state index in [1.807, 2.05) is 24.0 Å². The first-order chi connectivity index (χ1) is 7.09. The van der Waals surface area contributed by atoms with Crippen molar-refractivity contribution in [1.82, 2.24) is 9.78 Å². The lowest BCUT2D eigenvalue weighted by Gasteiger charge is -2.14. The maximum atomic E-state index is 4.12. The number of anilines is 1. The third-order valence-electron chi connectivity index (χ3n) is 2.37. The Kier molecular flexibility index (Phi) is 4.40. The molecule has 1 aromatic heterocycles. The summed E-state index contributed by atoms with van der Waals surface area (Å²) in [6.07, 6.45) is 6.37. The highest BCUT2D eigenvalue weighted by Gasteiger charge is 2.03. The van der Waals surface area contributed by atoms with Crippen LogP contribution >= 0.6 is 0 Å².